The van der Waals surface area contributed by atoms with Gasteiger partial charge < -0.3 is 5.11 Å². The quantitative estimate of drug-likeness (QED) is 0.668. The molecule has 0 saturated heterocycles. The Hall–Kier alpha value is -0.560. The molecule has 1 heteroatoms. The second-order valence-electron chi connectivity index (χ2n) is 6.06. The van der Waals surface area contributed by atoms with Gasteiger partial charge in [0.15, 0.2) is 0 Å². The number of fused-ring (bicyclic) bond motifs is 1. The SMILES string of the molecule is C/C1=C/CC/C(CO)=C\[C@@H]2[C@@H](CC1)C2(C)C. The molecule has 0 aromatic heterocycles. The van der Waals surface area contributed by atoms with Crippen LogP contribution < -0.4 is 0 Å². The summed E-state index contributed by atoms with van der Waals surface area (Å²) in [7, 11) is 0. The molecule has 1 fully saturated rings. The van der Waals surface area contributed by atoms with E-state index in [1.165, 1.54) is 24.0 Å². The van der Waals surface area contributed by atoms with E-state index in [9.17, 15) is 5.11 Å². The number of allylic oxidation sites excluding steroid dienone is 3. The zero-order valence-corrected chi connectivity index (χ0v) is 10.8. The van der Waals surface area contributed by atoms with Crippen LogP contribution in [-0.2, 0) is 0 Å². The summed E-state index contributed by atoms with van der Waals surface area (Å²) in [5.74, 6) is 1.54. The lowest BCUT2D eigenvalue weighted by Gasteiger charge is -2.06. The van der Waals surface area contributed by atoms with Gasteiger partial charge in [-0.1, -0.05) is 31.6 Å². The second-order valence-corrected chi connectivity index (χ2v) is 6.06. The highest BCUT2D eigenvalue weighted by Crippen LogP contribution is 2.61. The molecule has 0 amide bonds. The van der Waals surface area contributed by atoms with Gasteiger partial charge in [0, 0.05) is 0 Å². The van der Waals surface area contributed by atoms with Gasteiger partial charge in [0.05, 0.1) is 6.61 Å². The maximum atomic E-state index is 9.35. The lowest BCUT2D eigenvalue weighted by Crippen LogP contribution is -1.94. The molecular weight excluding hydrogens is 196 g/mol. The second kappa shape index (κ2) is 4.37. The fraction of sp³-hybridized carbons (Fsp3) is 0.733. The van der Waals surface area contributed by atoms with Gasteiger partial charge in [-0.05, 0) is 55.4 Å². The fourth-order valence-electron chi connectivity index (χ4n) is 3.13. The van der Waals surface area contributed by atoms with Crippen molar-refractivity contribution in [2.24, 2.45) is 17.3 Å². The molecule has 2 aliphatic rings. The number of hydrogen-bond acceptors (Lipinski definition) is 1. The Morgan fingerprint density at radius 1 is 1.38 bits per heavy atom. The number of aliphatic hydroxyl groups excluding tert-OH is 1. The van der Waals surface area contributed by atoms with Crippen LogP contribution in [0.1, 0.15) is 46.5 Å². The molecule has 90 valence electrons. The third-order valence-electron chi connectivity index (χ3n) is 4.57. The molecule has 0 spiro atoms. The summed E-state index contributed by atoms with van der Waals surface area (Å²) in [6.45, 7) is 7.22. The molecule has 0 unspecified atom stereocenters. The first-order valence-corrected chi connectivity index (χ1v) is 6.51. The Labute approximate surface area is 99.3 Å². The molecule has 0 radical (unpaired) electrons. The zero-order valence-electron chi connectivity index (χ0n) is 10.8. The molecule has 2 rings (SSSR count). The molecule has 2 aliphatic carbocycles. The maximum Gasteiger partial charge on any atom is 0.0641 e. The van der Waals surface area contributed by atoms with Crippen molar-refractivity contribution in [1.29, 1.82) is 0 Å². The number of rotatable bonds is 1. The summed E-state index contributed by atoms with van der Waals surface area (Å²) in [5, 5.41) is 9.35. The smallest absolute Gasteiger partial charge is 0.0641 e. The molecule has 0 aromatic carbocycles. The van der Waals surface area contributed by atoms with Crippen molar-refractivity contribution >= 4 is 0 Å². The van der Waals surface area contributed by atoms with Gasteiger partial charge >= 0.3 is 0 Å². The first kappa shape index (κ1) is 11.9. The van der Waals surface area contributed by atoms with Crippen molar-refractivity contribution in [3.05, 3.63) is 23.3 Å². The minimum absolute atomic E-state index is 0.242. The first-order valence-electron chi connectivity index (χ1n) is 6.51. The standard InChI is InChI=1S/C15H24O/c1-11-5-4-6-12(10-16)9-14-13(8-7-11)15(14,2)3/h5,9,13-14,16H,4,6-8,10H2,1-3H3/b11-5-,12-9+/t13-,14-/m1/s1. The highest BCUT2D eigenvalue weighted by molar-refractivity contribution is 5.21. The largest absolute Gasteiger partial charge is 0.392 e. The van der Waals surface area contributed by atoms with E-state index >= 15 is 0 Å². The van der Waals surface area contributed by atoms with Gasteiger partial charge in [0.1, 0.15) is 0 Å². The van der Waals surface area contributed by atoms with Crippen LogP contribution in [0.3, 0.4) is 0 Å². The van der Waals surface area contributed by atoms with Crippen LogP contribution in [0.15, 0.2) is 23.3 Å². The van der Waals surface area contributed by atoms with E-state index in [2.05, 4.69) is 32.9 Å². The molecule has 0 aromatic rings. The van der Waals surface area contributed by atoms with Gasteiger partial charge in [-0.25, -0.2) is 0 Å². The van der Waals surface area contributed by atoms with E-state index in [4.69, 9.17) is 0 Å². The van der Waals surface area contributed by atoms with Crippen LogP contribution in [0.5, 0.6) is 0 Å². The van der Waals surface area contributed by atoms with Crippen LogP contribution in [0.25, 0.3) is 0 Å². The van der Waals surface area contributed by atoms with E-state index in [0.717, 1.165) is 18.8 Å². The number of aliphatic hydroxyl groups is 1. The topological polar surface area (TPSA) is 20.2 Å². The zero-order chi connectivity index (χ0) is 11.8. The normalized spacial score (nSPS) is 40.0. The lowest BCUT2D eigenvalue weighted by atomic mass is 10.0. The average Bonchev–Trinajstić information content (AvgIpc) is 2.76. The summed E-state index contributed by atoms with van der Waals surface area (Å²) < 4.78 is 0. The Balaban J connectivity index is 2.15. The van der Waals surface area contributed by atoms with Gasteiger partial charge in [-0.3, -0.25) is 0 Å². The van der Waals surface area contributed by atoms with Crippen LogP contribution in [0.4, 0.5) is 0 Å². The molecule has 0 heterocycles. The van der Waals surface area contributed by atoms with Crippen molar-refractivity contribution in [2.45, 2.75) is 46.5 Å². The highest BCUT2D eigenvalue weighted by Gasteiger charge is 2.55. The van der Waals surface area contributed by atoms with E-state index < -0.39 is 0 Å². The van der Waals surface area contributed by atoms with Crippen molar-refractivity contribution in [2.75, 3.05) is 6.61 Å². The van der Waals surface area contributed by atoms with E-state index in [1.54, 1.807) is 0 Å². The van der Waals surface area contributed by atoms with Crippen LogP contribution in [-0.4, -0.2) is 11.7 Å². The molecule has 2 atom stereocenters. The lowest BCUT2D eigenvalue weighted by molar-refractivity contribution is 0.325. The summed E-state index contributed by atoms with van der Waals surface area (Å²) in [4.78, 5) is 0. The monoisotopic (exact) mass is 220 g/mol. The highest BCUT2D eigenvalue weighted by atomic mass is 16.3. The van der Waals surface area contributed by atoms with Gasteiger partial charge in [-0.15, -0.1) is 0 Å². The molecule has 0 aliphatic heterocycles. The first-order chi connectivity index (χ1) is 7.55. The summed E-state index contributed by atoms with van der Waals surface area (Å²) in [6.07, 6.45) is 9.41. The van der Waals surface area contributed by atoms with Crippen LogP contribution in [0.2, 0.25) is 0 Å². The van der Waals surface area contributed by atoms with Crippen molar-refractivity contribution in [1.82, 2.24) is 0 Å². The Morgan fingerprint density at radius 3 is 2.81 bits per heavy atom. The van der Waals surface area contributed by atoms with Crippen LogP contribution >= 0.6 is 0 Å². The summed E-state index contributed by atoms with van der Waals surface area (Å²) >= 11 is 0. The van der Waals surface area contributed by atoms with Gasteiger partial charge in [0.2, 0.25) is 0 Å². The minimum Gasteiger partial charge on any atom is -0.392 e. The predicted molar refractivity (Wildman–Crippen MR) is 68.2 cm³/mol. The molecule has 1 nitrogen and oxygen atoms in total. The Bertz CT molecular complexity index is 322. The molecule has 1 N–H and O–H groups in total. The third kappa shape index (κ3) is 2.24. The van der Waals surface area contributed by atoms with Gasteiger partial charge in [-0.2, -0.15) is 0 Å². The summed E-state index contributed by atoms with van der Waals surface area (Å²) in [6, 6.07) is 0. The Morgan fingerprint density at radius 2 is 2.12 bits per heavy atom. The molecule has 1 saturated carbocycles. The van der Waals surface area contributed by atoms with E-state index in [-0.39, 0.29) is 6.61 Å². The number of hydrogen-bond donors (Lipinski definition) is 1. The van der Waals surface area contributed by atoms with Crippen molar-refractivity contribution < 1.29 is 5.11 Å². The Kier molecular flexibility index (Phi) is 3.25. The maximum absolute atomic E-state index is 9.35. The van der Waals surface area contributed by atoms with Crippen molar-refractivity contribution in [3.8, 4) is 0 Å². The third-order valence-corrected chi connectivity index (χ3v) is 4.57. The molecule has 0 bridgehead atoms. The van der Waals surface area contributed by atoms with Crippen molar-refractivity contribution in [3.63, 3.8) is 0 Å². The molecule has 16 heavy (non-hydrogen) atoms. The van der Waals surface area contributed by atoms with Crippen LogP contribution in [0, 0.1) is 17.3 Å². The average molecular weight is 220 g/mol. The van der Waals surface area contributed by atoms with E-state index in [1.807, 2.05) is 0 Å². The van der Waals surface area contributed by atoms with E-state index in [0.29, 0.717) is 11.3 Å². The fourth-order valence-corrected chi connectivity index (χ4v) is 3.13. The summed E-state index contributed by atoms with van der Waals surface area (Å²) in [5.41, 5.74) is 3.23. The predicted octanol–water partition coefficient (Wildman–Crippen LogP) is 3.70. The molecular formula is C15H24O. The van der Waals surface area contributed by atoms with Gasteiger partial charge in [0.25, 0.3) is 0 Å². The minimum atomic E-state index is 0.242.